The second kappa shape index (κ2) is 12.7. The Morgan fingerprint density at radius 2 is 1.69 bits per heavy atom. The van der Waals surface area contributed by atoms with Crippen LogP contribution in [0.3, 0.4) is 0 Å². The van der Waals surface area contributed by atoms with Gasteiger partial charge in [-0.2, -0.15) is 0 Å². The first-order valence-corrected chi connectivity index (χ1v) is 15.7. The van der Waals surface area contributed by atoms with E-state index in [2.05, 4.69) is 5.32 Å². The van der Waals surface area contributed by atoms with Crippen molar-refractivity contribution < 1.29 is 39.6 Å². The zero-order chi connectivity index (χ0) is 35.4. The minimum atomic E-state index is -2.73. The van der Waals surface area contributed by atoms with Crippen LogP contribution >= 0.6 is 0 Å². The first kappa shape index (κ1) is 34.6. The molecule has 2 aromatic carbocycles. The minimum absolute atomic E-state index is 0.00939. The molecule has 7 N–H and O–H groups in total. The van der Waals surface area contributed by atoms with Gasteiger partial charge in [0.05, 0.1) is 17.6 Å². The third-order valence-electron chi connectivity index (χ3n) is 9.91. The number of rotatable bonds is 9. The summed E-state index contributed by atoms with van der Waals surface area (Å²) >= 11 is 0. The van der Waals surface area contributed by atoms with E-state index >= 15 is 0 Å². The highest BCUT2D eigenvalue weighted by molar-refractivity contribution is 6.25. The fraction of sp³-hybridized carbons (Fsp3) is 0.429. The molecule has 13 nitrogen and oxygen atoms in total. The second-order valence-electron chi connectivity index (χ2n) is 13.5. The van der Waals surface area contributed by atoms with Crippen LogP contribution in [0.5, 0.6) is 5.75 Å². The number of anilines is 1. The Morgan fingerprint density at radius 1 is 1.04 bits per heavy atom. The molecule has 0 radical (unpaired) electrons. The Morgan fingerprint density at radius 3 is 2.25 bits per heavy atom. The molecule has 0 saturated heterocycles. The number of hydrogen-bond acceptors (Lipinski definition) is 11. The Hall–Kier alpha value is -4.72. The number of hydrogen-bond donors (Lipinski definition) is 6. The largest absolute Gasteiger partial charge is 0.510 e. The molecule has 0 aromatic heterocycles. The van der Waals surface area contributed by atoms with Crippen LogP contribution in [0.1, 0.15) is 33.5 Å². The summed E-state index contributed by atoms with van der Waals surface area (Å²) in [5.74, 6) is -7.40. The molecule has 13 heteroatoms. The number of benzene rings is 2. The number of aliphatic hydroxyl groups excluding tert-OH is 2. The molecule has 2 amide bonds. The highest BCUT2D eigenvalue weighted by Gasteiger charge is 2.63. The number of phenols is 1. The number of nitrogens with one attached hydrogen (secondary N) is 1. The standard InChI is InChI=1S/C35H43N5O8/c1-38(2)22-15-19(16-37-34(47)23(39(3)4)12-17-10-8-7-9-11-17)28(41)25-20(22)13-18-14-21-27(40(5)6)30(43)26(33(36)46)32(45)35(21,48)31(44)24(18)29(25)42/h7-11,15,18,21,23,27,41,43-44,48H,12-14,16H2,1-6H3,(H2,36,46)(H,37,47)/t18-,21-,23?,27-,35-/m1/s1. The predicted molar refractivity (Wildman–Crippen MR) is 177 cm³/mol. The number of fused-ring (bicyclic) bond motifs is 3. The van der Waals surface area contributed by atoms with Crippen LogP contribution in [0.15, 0.2) is 59.1 Å². The van der Waals surface area contributed by atoms with Crippen LogP contribution in [0.4, 0.5) is 5.69 Å². The topological polar surface area (TPSA) is 197 Å². The molecule has 1 unspecified atom stereocenters. The van der Waals surface area contributed by atoms with Crippen LogP contribution in [0.2, 0.25) is 0 Å². The Kier molecular flexibility index (Phi) is 9.17. The molecule has 2 aromatic rings. The van der Waals surface area contributed by atoms with Crippen molar-refractivity contribution >= 4 is 29.1 Å². The minimum Gasteiger partial charge on any atom is -0.510 e. The van der Waals surface area contributed by atoms with Crippen molar-refractivity contribution in [3.05, 3.63) is 81.3 Å². The lowest BCUT2D eigenvalue weighted by molar-refractivity contribution is -0.148. The van der Waals surface area contributed by atoms with E-state index < -0.39 is 69.8 Å². The summed E-state index contributed by atoms with van der Waals surface area (Å²) in [5.41, 5.74) is 3.82. The number of nitrogens with two attached hydrogens (primary N) is 1. The molecule has 5 rings (SSSR count). The van der Waals surface area contributed by atoms with Gasteiger partial charge in [-0.3, -0.25) is 29.0 Å². The van der Waals surface area contributed by atoms with Crippen LogP contribution in [0.25, 0.3) is 0 Å². The molecular formula is C35H43N5O8. The Balaban J connectivity index is 1.55. The third-order valence-corrected chi connectivity index (χ3v) is 9.91. The summed E-state index contributed by atoms with van der Waals surface area (Å²) in [6.45, 7) is -0.110. The molecule has 3 aliphatic carbocycles. The van der Waals surface area contributed by atoms with Crippen molar-refractivity contribution in [2.45, 2.75) is 43.5 Å². The highest BCUT2D eigenvalue weighted by atomic mass is 16.3. The smallest absolute Gasteiger partial charge is 0.255 e. The molecule has 3 aliphatic rings. The number of aliphatic hydroxyl groups is 3. The third kappa shape index (κ3) is 5.51. The summed E-state index contributed by atoms with van der Waals surface area (Å²) in [4.78, 5) is 58.6. The van der Waals surface area contributed by atoms with E-state index in [1.54, 1.807) is 58.2 Å². The predicted octanol–water partition coefficient (Wildman–Crippen LogP) is 0.976. The van der Waals surface area contributed by atoms with Gasteiger partial charge in [0, 0.05) is 43.4 Å². The first-order valence-electron chi connectivity index (χ1n) is 15.7. The molecule has 0 heterocycles. The zero-order valence-electron chi connectivity index (χ0n) is 27.9. The average molecular weight is 662 g/mol. The summed E-state index contributed by atoms with van der Waals surface area (Å²) in [6, 6.07) is 9.68. The Labute approximate surface area is 278 Å². The molecule has 5 atom stereocenters. The van der Waals surface area contributed by atoms with E-state index in [0.29, 0.717) is 17.7 Å². The van der Waals surface area contributed by atoms with Crippen molar-refractivity contribution in [2.75, 3.05) is 47.2 Å². The van der Waals surface area contributed by atoms with E-state index in [0.717, 1.165) is 5.56 Å². The van der Waals surface area contributed by atoms with Crippen molar-refractivity contribution in [2.24, 2.45) is 17.6 Å². The number of allylic oxidation sites excluding steroid dienone is 1. The van der Waals surface area contributed by atoms with Crippen LogP contribution in [0, 0.1) is 11.8 Å². The Bertz CT molecular complexity index is 1750. The van der Waals surface area contributed by atoms with E-state index in [9.17, 15) is 39.6 Å². The average Bonchev–Trinajstić information content (AvgIpc) is 3.01. The zero-order valence-corrected chi connectivity index (χ0v) is 27.9. The lowest BCUT2D eigenvalue weighted by Gasteiger charge is -2.50. The van der Waals surface area contributed by atoms with Crippen LogP contribution in [-0.2, 0) is 33.8 Å². The molecule has 256 valence electrons. The number of carbonyl (C=O) groups excluding carboxylic acids is 4. The summed E-state index contributed by atoms with van der Waals surface area (Å²) in [5, 5.41) is 48.9. The van der Waals surface area contributed by atoms with Gasteiger partial charge in [-0.15, -0.1) is 0 Å². The second-order valence-corrected chi connectivity index (χ2v) is 13.5. The van der Waals surface area contributed by atoms with Crippen molar-refractivity contribution in [1.29, 1.82) is 0 Å². The number of aromatic hydroxyl groups is 1. The van der Waals surface area contributed by atoms with Gasteiger partial charge in [0.15, 0.2) is 11.4 Å². The van der Waals surface area contributed by atoms with Crippen molar-refractivity contribution in [3.63, 3.8) is 0 Å². The van der Waals surface area contributed by atoms with Gasteiger partial charge in [0.2, 0.25) is 11.7 Å². The molecular weight excluding hydrogens is 618 g/mol. The SMILES string of the molecule is CN(C)c1cc(CNC(=O)C(Cc2ccccc2)N(C)C)c(O)c2c1C[C@@H]1C[C@@H]3[C@@H](N(C)C)C(O)=C(C(N)=O)C(=O)[C@]3(O)C(O)=C1C2=O. The lowest BCUT2D eigenvalue weighted by atomic mass is 9.58. The lowest BCUT2D eigenvalue weighted by Crippen LogP contribution is -2.63. The van der Waals surface area contributed by atoms with Gasteiger partial charge in [0.1, 0.15) is 22.8 Å². The van der Waals surface area contributed by atoms with E-state index in [-0.39, 0.29) is 42.0 Å². The number of primary amides is 1. The van der Waals surface area contributed by atoms with E-state index in [1.165, 1.54) is 4.90 Å². The number of carbonyl (C=O) groups is 4. The fourth-order valence-electron chi connectivity index (χ4n) is 7.53. The maximum Gasteiger partial charge on any atom is 0.255 e. The first-order chi connectivity index (χ1) is 22.5. The van der Waals surface area contributed by atoms with E-state index in [4.69, 9.17) is 5.73 Å². The van der Waals surface area contributed by atoms with Gasteiger partial charge in [-0.1, -0.05) is 30.3 Å². The van der Waals surface area contributed by atoms with E-state index in [1.807, 2.05) is 30.3 Å². The summed E-state index contributed by atoms with van der Waals surface area (Å²) < 4.78 is 0. The quantitative estimate of drug-likeness (QED) is 0.210. The number of ketones is 2. The van der Waals surface area contributed by atoms with Crippen molar-refractivity contribution in [1.82, 2.24) is 15.1 Å². The number of likely N-dealkylation sites (N-methyl/N-ethyl adjacent to an activating group) is 2. The maximum atomic E-state index is 14.3. The monoisotopic (exact) mass is 661 g/mol. The van der Waals surface area contributed by atoms with Crippen molar-refractivity contribution in [3.8, 4) is 5.75 Å². The molecule has 48 heavy (non-hydrogen) atoms. The molecule has 0 spiro atoms. The molecule has 0 fully saturated rings. The van der Waals surface area contributed by atoms with Crippen LogP contribution < -0.4 is 16.0 Å². The number of Topliss-reactive ketones (excluding diaryl/α,β-unsaturated/α-hetero) is 2. The van der Waals surface area contributed by atoms with Gasteiger partial charge < -0.3 is 36.4 Å². The van der Waals surface area contributed by atoms with Gasteiger partial charge >= 0.3 is 0 Å². The van der Waals surface area contributed by atoms with Crippen LogP contribution in [-0.4, -0.2) is 114 Å². The van der Waals surface area contributed by atoms with Gasteiger partial charge in [-0.25, -0.2) is 0 Å². The number of phenolic OH excluding ortho intramolecular Hbond substituents is 1. The number of amides is 2. The normalized spacial score (nSPS) is 24.3. The summed E-state index contributed by atoms with van der Waals surface area (Å²) in [6.07, 6.45) is 0.598. The number of nitrogens with zero attached hydrogens (tertiary/aromatic N) is 3. The fourth-order valence-corrected chi connectivity index (χ4v) is 7.53. The summed E-state index contributed by atoms with van der Waals surface area (Å²) in [7, 11) is 10.3. The maximum absolute atomic E-state index is 14.3. The molecule has 0 saturated carbocycles. The van der Waals surface area contributed by atoms with Gasteiger partial charge in [0.25, 0.3) is 5.91 Å². The molecule has 0 aliphatic heterocycles. The highest BCUT2D eigenvalue weighted by Crippen LogP contribution is 2.53. The molecule has 0 bridgehead atoms. The van der Waals surface area contributed by atoms with Gasteiger partial charge in [-0.05, 0) is 70.6 Å².